The number of hydrogen-bond donors (Lipinski definition) is 2. The van der Waals surface area contributed by atoms with E-state index >= 15 is 0 Å². The lowest BCUT2D eigenvalue weighted by atomic mass is 9.77. The normalized spacial score (nSPS) is 29.9. The van der Waals surface area contributed by atoms with Crippen LogP contribution in [0.15, 0.2) is 18.2 Å². The molecule has 0 aliphatic carbocycles. The number of thioether (sulfide) groups is 1. The SMILES string of the molecule is O=C(O)C1c2cccc(F)c2NC2CCSCC21. The zero-order chi connectivity index (χ0) is 12.7. The third-order valence-electron chi connectivity index (χ3n) is 3.81. The first kappa shape index (κ1) is 11.8. The summed E-state index contributed by atoms with van der Waals surface area (Å²) < 4.78 is 13.8. The third-order valence-corrected chi connectivity index (χ3v) is 4.95. The van der Waals surface area contributed by atoms with Crippen molar-refractivity contribution in [3.63, 3.8) is 0 Å². The van der Waals surface area contributed by atoms with E-state index in [0.29, 0.717) is 11.3 Å². The number of fused-ring (bicyclic) bond motifs is 2. The summed E-state index contributed by atoms with van der Waals surface area (Å²) in [4.78, 5) is 11.5. The lowest BCUT2D eigenvalue weighted by molar-refractivity contribution is -0.140. The largest absolute Gasteiger partial charge is 0.481 e. The number of aliphatic carboxylic acids is 1. The Labute approximate surface area is 109 Å². The van der Waals surface area contributed by atoms with Crippen molar-refractivity contribution in [3.8, 4) is 0 Å². The summed E-state index contributed by atoms with van der Waals surface area (Å²) in [6.45, 7) is 0. The average Bonchev–Trinajstić information content (AvgIpc) is 2.36. The molecule has 96 valence electrons. The van der Waals surface area contributed by atoms with Gasteiger partial charge in [0, 0.05) is 12.0 Å². The molecule has 3 unspecified atom stereocenters. The van der Waals surface area contributed by atoms with Gasteiger partial charge in [0.25, 0.3) is 0 Å². The Morgan fingerprint density at radius 3 is 3.11 bits per heavy atom. The Morgan fingerprint density at radius 2 is 2.33 bits per heavy atom. The summed E-state index contributed by atoms with van der Waals surface area (Å²) >= 11 is 1.78. The molecule has 1 fully saturated rings. The van der Waals surface area contributed by atoms with Crippen LogP contribution in [0.1, 0.15) is 17.9 Å². The van der Waals surface area contributed by atoms with Crippen molar-refractivity contribution in [2.24, 2.45) is 5.92 Å². The third kappa shape index (κ3) is 1.77. The molecule has 2 aliphatic heterocycles. The fourth-order valence-electron chi connectivity index (χ4n) is 2.95. The number of carbonyl (C=O) groups is 1. The smallest absolute Gasteiger partial charge is 0.311 e. The summed E-state index contributed by atoms with van der Waals surface area (Å²) in [5, 5.41) is 12.7. The molecule has 0 aromatic heterocycles. The molecule has 18 heavy (non-hydrogen) atoms. The summed E-state index contributed by atoms with van der Waals surface area (Å²) in [6.07, 6.45) is 0.896. The lowest BCUT2D eigenvalue weighted by Gasteiger charge is -2.41. The number of nitrogens with one attached hydrogen (secondary N) is 1. The summed E-state index contributed by atoms with van der Waals surface area (Å²) in [5.74, 6) is 0.0936. The van der Waals surface area contributed by atoms with Crippen LogP contribution in [0.4, 0.5) is 10.1 Å². The van der Waals surface area contributed by atoms with Crippen molar-refractivity contribution in [1.82, 2.24) is 0 Å². The molecule has 3 atom stereocenters. The maximum Gasteiger partial charge on any atom is 0.311 e. The van der Waals surface area contributed by atoms with Crippen LogP contribution in [0.3, 0.4) is 0 Å². The number of hydrogen-bond acceptors (Lipinski definition) is 3. The molecule has 1 aromatic rings. The van der Waals surface area contributed by atoms with E-state index in [1.807, 2.05) is 0 Å². The lowest BCUT2D eigenvalue weighted by Crippen LogP contribution is -2.44. The molecule has 0 saturated carbocycles. The Bertz CT molecular complexity index is 494. The predicted octanol–water partition coefficient (Wildman–Crippen LogP) is 2.54. The van der Waals surface area contributed by atoms with Gasteiger partial charge in [-0.2, -0.15) is 11.8 Å². The molecular weight excluding hydrogens is 253 g/mol. The maximum absolute atomic E-state index is 13.8. The fraction of sp³-hybridized carbons (Fsp3) is 0.462. The van der Waals surface area contributed by atoms with Gasteiger partial charge in [0.2, 0.25) is 0 Å². The van der Waals surface area contributed by atoms with E-state index in [2.05, 4.69) is 5.32 Å². The molecule has 1 saturated heterocycles. The molecule has 0 spiro atoms. The summed E-state index contributed by atoms with van der Waals surface area (Å²) in [6, 6.07) is 4.77. The second kappa shape index (κ2) is 4.46. The Kier molecular flexibility index (Phi) is 2.93. The fourth-order valence-corrected chi connectivity index (χ4v) is 4.24. The first-order chi connectivity index (χ1) is 8.68. The van der Waals surface area contributed by atoms with Crippen LogP contribution in [0.25, 0.3) is 0 Å². The number of halogens is 1. The van der Waals surface area contributed by atoms with Crippen molar-refractivity contribution in [2.45, 2.75) is 18.4 Å². The van der Waals surface area contributed by atoms with E-state index in [1.165, 1.54) is 6.07 Å². The molecule has 3 nitrogen and oxygen atoms in total. The Morgan fingerprint density at radius 1 is 1.50 bits per heavy atom. The minimum atomic E-state index is -0.846. The van der Waals surface area contributed by atoms with Crippen molar-refractivity contribution < 1.29 is 14.3 Å². The van der Waals surface area contributed by atoms with E-state index in [9.17, 15) is 14.3 Å². The topological polar surface area (TPSA) is 49.3 Å². The van der Waals surface area contributed by atoms with Crippen molar-refractivity contribution in [3.05, 3.63) is 29.6 Å². The van der Waals surface area contributed by atoms with Crippen LogP contribution in [0.5, 0.6) is 0 Å². The molecule has 5 heteroatoms. The van der Waals surface area contributed by atoms with Crippen molar-refractivity contribution >= 4 is 23.4 Å². The van der Waals surface area contributed by atoms with Crippen LogP contribution in [-0.4, -0.2) is 28.6 Å². The van der Waals surface area contributed by atoms with Gasteiger partial charge in [-0.25, -0.2) is 4.39 Å². The number of anilines is 1. The molecule has 0 bridgehead atoms. The second-order valence-corrected chi connectivity index (χ2v) is 5.95. The number of para-hydroxylation sites is 1. The predicted molar refractivity (Wildman–Crippen MR) is 69.6 cm³/mol. The van der Waals surface area contributed by atoms with Gasteiger partial charge < -0.3 is 10.4 Å². The van der Waals surface area contributed by atoms with Gasteiger partial charge in [-0.1, -0.05) is 12.1 Å². The van der Waals surface area contributed by atoms with Gasteiger partial charge in [0.05, 0.1) is 11.6 Å². The molecule has 3 rings (SSSR count). The monoisotopic (exact) mass is 267 g/mol. The zero-order valence-corrected chi connectivity index (χ0v) is 10.5. The maximum atomic E-state index is 13.8. The van der Waals surface area contributed by atoms with E-state index in [1.54, 1.807) is 23.9 Å². The van der Waals surface area contributed by atoms with Gasteiger partial charge >= 0.3 is 5.97 Å². The Balaban J connectivity index is 2.10. The number of benzene rings is 1. The molecule has 2 aliphatic rings. The van der Waals surface area contributed by atoms with Crippen molar-refractivity contribution in [2.75, 3.05) is 16.8 Å². The molecule has 2 heterocycles. The number of rotatable bonds is 1. The highest BCUT2D eigenvalue weighted by atomic mass is 32.2. The highest BCUT2D eigenvalue weighted by Gasteiger charge is 2.42. The van der Waals surface area contributed by atoms with E-state index < -0.39 is 11.9 Å². The quantitative estimate of drug-likeness (QED) is 0.821. The highest BCUT2D eigenvalue weighted by Crippen LogP contribution is 2.44. The minimum Gasteiger partial charge on any atom is -0.481 e. The molecule has 2 N–H and O–H groups in total. The molecule has 0 radical (unpaired) electrons. The molecule has 1 aromatic carbocycles. The Hall–Kier alpha value is -1.23. The van der Waals surface area contributed by atoms with E-state index in [0.717, 1.165) is 17.9 Å². The van der Waals surface area contributed by atoms with Gasteiger partial charge in [0.15, 0.2) is 0 Å². The van der Waals surface area contributed by atoms with Gasteiger partial charge in [-0.15, -0.1) is 0 Å². The minimum absolute atomic E-state index is 0.0514. The second-order valence-electron chi connectivity index (χ2n) is 4.80. The van der Waals surface area contributed by atoms with Crippen LogP contribution in [-0.2, 0) is 4.79 Å². The van der Waals surface area contributed by atoms with E-state index in [-0.39, 0.29) is 17.8 Å². The zero-order valence-electron chi connectivity index (χ0n) is 9.73. The molecular formula is C13H14FNO2S. The van der Waals surface area contributed by atoms with Crippen LogP contribution < -0.4 is 5.32 Å². The average molecular weight is 267 g/mol. The highest BCUT2D eigenvalue weighted by molar-refractivity contribution is 7.99. The van der Waals surface area contributed by atoms with Gasteiger partial charge in [-0.05, 0) is 29.6 Å². The van der Waals surface area contributed by atoms with Crippen LogP contribution in [0, 0.1) is 11.7 Å². The summed E-state index contributed by atoms with van der Waals surface area (Å²) in [7, 11) is 0. The first-order valence-electron chi connectivity index (χ1n) is 6.04. The number of carboxylic acid groups (broad SMARTS) is 1. The van der Waals surface area contributed by atoms with Gasteiger partial charge in [0.1, 0.15) is 5.82 Å². The first-order valence-corrected chi connectivity index (χ1v) is 7.19. The molecule has 0 amide bonds. The number of carboxylic acids is 1. The standard InChI is InChI=1S/C13H14FNO2S/c14-9-3-1-2-7-11(13(16)17)8-6-18-5-4-10(8)15-12(7)9/h1-3,8,10-11,15H,4-6H2,(H,16,17). The van der Waals surface area contributed by atoms with Gasteiger partial charge in [-0.3, -0.25) is 4.79 Å². The van der Waals surface area contributed by atoms with E-state index in [4.69, 9.17) is 0 Å². The summed E-state index contributed by atoms with van der Waals surface area (Å²) in [5.41, 5.74) is 0.976. The van der Waals surface area contributed by atoms with Crippen LogP contribution in [0.2, 0.25) is 0 Å². The van der Waals surface area contributed by atoms with Crippen molar-refractivity contribution in [1.29, 1.82) is 0 Å². The van der Waals surface area contributed by atoms with Crippen LogP contribution >= 0.6 is 11.8 Å².